The van der Waals surface area contributed by atoms with Gasteiger partial charge in [-0.2, -0.15) is 0 Å². The molecule has 0 aliphatic carbocycles. The lowest BCUT2D eigenvalue weighted by molar-refractivity contribution is 0.151. The van der Waals surface area contributed by atoms with Gasteiger partial charge >= 0.3 is 0 Å². The second kappa shape index (κ2) is 10.3. The van der Waals surface area contributed by atoms with Crippen LogP contribution in [-0.2, 0) is 26.2 Å². The number of fused-ring (bicyclic) bond motifs is 1. The van der Waals surface area contributed by atoms with Crippen molar-refractivity contribution in [1.82, 2.24) is 18.8 Å². The first kappa shape index (κ1) is 23.2. The van der Waals surface area contributed by atoms with Crippen LogP contribution in [0.3, 0.4) is 0 Å². The molecule has 1 aromatic heterocycles. The minimum Gasteiger partial charge on any atom is -0.486 e. The number of hydrogen-bond donors (Lipinski definition) is 0. The number of nitrogens with zero attached hydrogens (tertiary/aromatic N) is 4. The average Bonchev–Trinajstić information content (AvgIpc) is 3.20. The van der Waals surface area contributed by atoms with Crippen LogP contribution in [0.15, 0.2) is 29.2 Å². The van der Waals surface area contributed by atoms with Crippen LogP contribution >= 0.6 is 11.9 Å². The maximum Gasteiger partial charge on any atom is 0.295 e. The molecule has 1 fully saturated rings. The number of rotatable bonds is 8. The fourth-order valence-electron chi connectivity index (χ4n) is 4.46. The fourth-order valence-corrected chi connectivity index (χ4v) is 5.03. The Kier molecular flexibility index (Phi) is 7.48. The third-order valence-corrected chi connectivity index (χ3v) is 7.24. The van der Waals surface area contributed by atoms with E-state index in [1.807, 2.05) is 6.92 Å². The summed E-state index contributed by atoms with van der Waals surface area (Å²) in [6, 6.07) is 4.85. The van der Waals surface area contributed by atoms with E-state index in [-0.39, 0.29) is 11.1 Å². The lowest BCUT2D eigenvalue weighted by atomic mass is 9.99. The van der Waals surface area contributed by atoms with Crippen molar-refractivity contribution in [3.05, 3.63) is 57.3 Å². The van der Waals surface area contributed by atoms with Crippen LogP contribution in [0.4, 0.5) is 8.78 Å². The average molecular weight is 465 g/mol. The Labute approximate surface area is 191 Å². The Balaban J connectivity index is 1.40. The summed E-state index contributed by atoms with van der Waals surface area (Å²) in [5.41, 5.74) is 1.86. The molecule has 3 heterocycles. The summed E-state index contributed by atoms with van der Waals surface area (Å²) in [4.78, 5) is 19.6. The normalized spacial score (nSPS) is 17.8. The highest BCUT2D eigenvalue weighted by Crippen LogP contribution is 2.29. The van der Waals surface area contributed by atoms with Crippen LogP contribution in [0, 0.1) is 5.92 Å². The molecule has 0 bridgehead atoms. The monoisotopic (exact) mass is 464 g/mol. The van der Waals surface area contributed by atoms with E-state index in [2.05, 4.69) is 20.4 Å². The van der Waals surface area contributed by atoms with Crippen molar-refractivity contribution in [2.45, 2.75) is 52.4 Å². The van der Waals surface area contributed by atoms with Gasteiger partial charge in [0, 0.05) is 38.3 Å². The molecule has 0 radical (unpaired) electrons. The van der Waals surface area contributed by atoms with Crippen LogP contribution in [0.2, 0.25) is 0 Å². The van der Waals surface area contributed by atoms with Gasteiger partial charge in [-0.25, -0.2) is 13.8 Å². The smallest absolute Gasteiger partial charge is 0.295 e. The SMILES string of the molecule is CCn1c(CN2Cc3ccc(C(F)F)cc3C2)ncc(OCC2CCN(SC)CC2)c1=O. The van der Waals surface area contributed by atoms with Crippen LogP contribution < -0.4 is 10.3 Å². The zero-order valence-corrected chi connectivity index (χ0v) is 19.4. The van der Waals surface area contributed by atoms with E-state index in [0.717, 1.165) is 37.1 Å². The largest absolute Gasteiger partial charge is 0.486 e. The van der Waals surface area contributed by atoms with Crippen molar-refractivity contribution >= 4 is 11.9 Å². The van der Waals surface area contributed by atoms with Gasteiger partial charge < -0.3 is 4.74 Å². The predicted octanol–water partition coefficient (Wildman–Crippen LogP) is 4.09. The van der Waals surface area contributed by atoms with Crippen LogP contribution in [0.25, 0.3) is 0 Å². The molecule has 1 aromatic carbocycles. The van der Waals surface area contributed by atoms with E-state index in [1.165, 1.54) is 6.07 Å². The molecule has 32 heavy (non-hydrogen) atoms. The minimum atomic E-state index is -2.47. The van der Waals surface area contributed by atoms with Gasteiger partial charge in [-0.15, -0.1) is 0 Å². The summed E-state index contributed by atoms with van der Waals surface area (Å²) in [5, 5.41) is 0. The van der Waals surface area contributed by atoms with Crippen LogP contribution in [0.1, 0.15) is 48.7 Å². The highest BCUT2D eigenvalue weighted by Gasteiger charge is 2.24. The van der Waals surface area contributed by atoms with E-state index >= 15 is 0 Å². The highest BCUT2D eigenvalue weighted by molar-refractivity contribution is 7.96. The Hall–Kier alpha value is -1.97. The van der Waals surface area contributed by atoms with Gasteiger partial charge in [-0.1, -0.05) is 24.1 Å². The molecule has 0 spiro atoms. The molecule has 6 nitrogen and oxygen atoms in total. The number of ether oxygens (including phenoxy) is 1. The van der Waals surface area contributed by atoms with Crippen molar-refractivity contribution < 1.29 is 13.5 Å². The molecule has 0 unspecified atom stereocenters. The van der Waals surface area contributed by atoms with Gasteiger partial charge in [0.25, 0.3) is 12.0 Å². The first-order valence-electron chi connectivity index (χ1n) is 11.1. The Morgan fingerprint density at radius 2 is 1.97 bits per heavy atom. The summed E-state index contributed by atoms with van der Waals surface area (Å²) in [5.74, 6) is 1.42. The van der Waals surface area contributed by atoms with Crippen molar-refractivity contribution in [1.29, 1.82) is 0 Å². The van der Waals surface area contributed by atoms with Crippen molar-refractivity contribution in [2.24, 2.45) is 5.92 Å². The number of hydrogen-bond acceptors (Lipinski definition) is 6. The molecular formula is C23H30F2N4O2S. The zero-order valence-electron chi connectivity index (χ0n) is 18.6. The zero-order chi connectivity index (χ0) is 22.7. The van der Waals surface area contributed by atoms with Crippen LogP contribution in [-0.4, -0.2) is 44.7 Å². The van der Waals surface area contributed by atoms with Crippen molar-refractivity contribution in [3.63, 3.8) is 0 Å². The molecule has 2 aliphatic heterocycles. The summed E-state index contributed by atoms with van der Waals surface area (Å²) < 4.78 is 35.9. The Morgan fingerprint density at radius 1 is 1.22 bits per heavy atom. The maximum atomic E-state index is 13.0. The van der Waals surface area contributed by atoms with Crippen molar-refractivity contribution in [2.75, 3.05) is 26.0 Å². The molecule has 2 aromatic rings. The molecule has 0 N–H and O–H groups in total. The molecule has 174 valence electrons. The van der Waals surface area contributed by atoms with E-state index in [0.29, 0.717) is 50.3 Å². The summed E-state index contributed by atoms with van der Waals surface area (Å²) in [6.07, 6.45) is 3.30. The van der Waals surface area contributed by atoms with Gasteiger partial charge in [-0.3, -0.25) is 18.6 Å². The quantitative estimate of drug-likeness (QED) is 0.549. The molecule has 0 saturated carbocycles. The van der Waals surface area contributed by atoms with E-state index in [1.54, 1.807) is 34.8 Å². The Morgan fingerprint density at radius 3 is 2.66 bits per heavy atom. The van der Waals surface area contributed by atoms with Crippen LogP contribution in [0.5, 0.6) is 5.75 Å². The molecule has 4 rings (SSSR count). The number of halogens is 2. The van der Waals surface area contributed by atoms with Gasteiger partial charge in [0.2, 0.25) is 5.75 Å². The van der Waals surface area contributed by atoms with Gasteiger partial charge in [0.1, 0.15) is 5.82 Å². The topological polar surface area (TPSA) is 50.6 Å². The van der Waals surface area contributed by atoms with E-state index in [4.69, 9.17) is 4.74 Å². The van der Waals surface area contributed by atoms with E-state index < -0.39 is 6.43 Å². The fraction of sp³-hybridized carbons (Fsp3) is 0.565. The highest BCUT2D eigenvalue weighted by atomic mass is 32.2. The Bertz CT molecular complexity index is 992. The second-order valence-electron chi connectivity index (χ2n) is 8.43. The third-order valence-electron chi connectivity index (χ3n) is 6.36. The van der Waals surface area contributed by atoms with Gasteiger partial charge in [0.15, 0.2) is 0 Å². The lowest BCUT2D eigenvalue weighted by Crippen LogP contribution is -2.32. The van der Waals surface area contributed by atoms with Gasteiger partial charge in [-0.05, 0) is 49.1 Å². The second-order valence-corrected chi connectivity index (χ2v) is 9.31. The van der Waals surface area contributed by atoms with E-state index in [9.17, 15) is 13.6 Å². The van der Waals surface area contributed by atoms with Gasteiger partial charge in [0.05, 0.1) is 19.3 Å². The molecule has 0 atom stereocenters. The number of benzene rings is 1. The first-order valence-corrected chi connectivity index (χ1v) is 12.3. The minimum absolute atomic E-state index is 0.0508. The third kappa shape index (κ3) is 5.15. The molecule has 9 heteroatoms. The number of piperidine rings is 1. The summed E-state index contributed by atoms with van der Waals surface area (Å²) in [6.45, 7) is 6.76. The summed E-state index contributed by atoms with van der Waals surface area (Å²) >= 11 is 1.77. The molecule has 1 saturated heterocycles. The predicted molar refractivity (Wildman–Crippen MR) is 122 cm³/mol. The maximum absolute atomic E-state index is 13.0. The van der Waals surface area contributed by atoms with Crippen molar-refractivity contribution in [3.8, 4) is 5.75 Å². The molecule has 0 amide bonds. The summed E-state index contributed by atoms with van der Waals surface area (Å²) in [7, 11) is 0. The number of alkyl halides is 2. The first-order chi connectivity index (χ1) is 15.5. The molecular weight excluding hydrogens is 434 g/mol. The standard InChI is InChI=1S/C23H30F2N4O2S/c1-3-29-21(14-27-12-18-5-4-17(22(24)25)10-19(18)13-27)26-11-20(23(29)30)31-15-16-6-8-28(32-2)9-7-16/h4-5,10-11,16,22H,3,6-9,12-15H2,1-2H3. The molecule has 2 aliphatic rings. The number of aromatic nitrogens is 2. The lowest BCUT2D eigenvalue weighted by Gasteiger charge is -2.29.